The molecule has 0 unspecified atom stereocenters. The van der Waals surface area contributed by atoms with Gasteiger partial charge < -0.3 is 14.7 Å². The predicted molar refractivity (Wildman–Crippen MR) is 99.1 cm³/mol. The fourth-order valence-corrected chi connectivity index (χ4v) is 3.43. The van der Waals surface area contributed by atoms with Crippen LogP contribution in [0.2, 0.25) is 5.02 Å². The Bertz CT molecular complexity index is 725. The first kappa shape index (κ1) is 18.5. The molecule has 1 heterocycles. The monoisotopic (exact) mass is 375 g/mol. The van der Waals surface area contributed by atoms with Crippen LogP contribution in [0, 0.1) is 5.92 Å². The van der Waals surface area contributed by atoms with Gasteiger partial charge in [-0.05, 0) is 43.0 Å². The summed E-state index contributed by atoms with van der Waals surface area (Å²) in [7, 11) is 0. The van der Waals surface area contributed by atoms with Gasteiger partial charge in [0, 0.05) is 23.2 Å². The molecule has 0 radical (unpaired) electrons. The van der Waals surface area contributed by atoms with E-state index in [1.165, 1.54) is 25.5 Å². The molecule has 138 valence electrons. The summed E-state index contributed by atoms with van der Waals surface area (Å²) in [4.78, 5) is 26.9. The Morgan fingerprint density at radius 1 is 1.15 bits per heavy atom. The molecule has 2 aromatic rings. The molecule has 3 rings (SSSR count). The van der Waals surface area contributed by atoms with Gasteiger partial charge in [-0.2, -0.15) is 0 Å². The molecular weight excluding hydrogens is 354 g/mol. The van der Waals surface area contributed by atoms with E-state index in [9.17, 15) is 9.59 Å². The van der Waals surface area contributed by atoms with Gasteiger partial charge in [0.05, 0.1) is 0 Å². The largest absolute Gasteiger partial charge is 0.363 e. The molecule has 1 aliphatic rings. The number of carbonyl (C=O) groups excluding carboxylic acids is 2. The Hall–Kier alpha value is -2.34. The number of rotatable bonds is 6. The molecule has 0 saturated heterocycles. The Kier molecular flexibility index (Phi) is 6.28. The van der Waals surface area contributed by atoms with Gasteiger partial charge in [0.25, 0.3) is 5.91 Å². The Morgan fingerprint density at radius 2 is 1.88 bits per heavy atom. The van der Waals surface area contributed by atoms with Crippen LogP contribution in [0.15, 0.2) is 41.1 Å². The van der Waals surface area contributed by atoms with Crippen molar-refractivity contribution in [3.05, 3.63) is 47.2 Å². The van der Waals surface area contributed by atoms with E-state index in [0.717, 1.165) is 12.8 Å². The summed E-state index contributed by atoms with van der Waals surface area (Å²) >= 11 is 5.91. The highest BCUT2D eigenvalue weighted by atomic mass is 35.5. The zero-order valence-corrected chi connectivity index (χ0v) is 15.2. The number of anilines is 1. The summed E-state index contributed by atoms with van der Waals surface area (Å²) in [6.07, 6.45) is 7.17. The van der Waals surface area contributed by atoms with Crippen molar-refractivity contribution in [2.75, 3.05) is 18.4 Å². The quantitative estimate of drug-likeness (QED) is 0.828. The lowest BCUT2D eigenvalue weighted by molar-refractivity contribution is -0.117. The maximum atomic E-state index is 12.9. The van der Waals surface area contributed by atoms with Crippen LogP contribution < -0.4 is 5.32 Å². The smallest absolute Gasteiger partial charge is 0.254 e. The van der Waals surface area contributed by atoms with E-state index < -0.39 is 0 Å². The van der Waals surface area contributed by atoms with Crippen LogP contribution in [0.3, 0.4) is 0 Å². The minimum atomic E-state index is -0.294. The van der Waals surface area contributed by atoms with E-state index in [4.69, 9.17) is 16.1 Å². The normalized spacial score (nSPS) is 14.8. The summed E-state index contributed by atoms with van der Waals surface area (Å²) in [6, 6.07) is 8.30. The molecule has 26 heavy (non-hydrogen) atoms. The zero-order valence-electron chi connectivity index (χ0n) is 14.5. The van der Waals surface area contributed by atoms with E-state index in [1.807, 2.05) is 0 Å². The van der Waals surface area contributed by atoms with Crippen molar-refractivity contribution in [2.24, 2.45) is 5.92 Å². The third kappa shape index (κ3) is 5.08. The number of nitrogens with zero attached hydrogens (tertiary/aromatic N) is 2. The fraction of sp³-hybridized carbons (Fsp3) is 0.421. The molecule has 2 amide bonds. The van der Waals surface area contributed by atoms with Gasteiger partial charge in [0.15, 0.2) is 5.82 Å². The number of halogens is 1. The maximum Gasteiger partial charge on any atom is 0.254 e. The van der Waals surface area contributed by atoms with Gasteiger partial charge in [0.2, 0.25) is 5.91 Å². The van der Waals surface area contributed by atoms with Crippen LogP contribution in [-0.2, 0) is 4.79 Å². The van der Waals surface area contributed by atoms with E-state index in [1.54, 1.807) is 35.2 Å². The summed E-state index contributed by atoms with van der Waals surface area (Å²) in [5.74, 6) is 0.311. The average molecular weight is 376 g/mol. The number of carbonyl (C=O) groups is 2. The van der Waals surface area contributed by atoms with Gasteiger partial charge in [-0.15, -0.1) is 0 Å². The summed E-state index contributed by atoms with van der Waals surface area (Å²) in [6.45, 7) is 0.554. The van der Waals surface area contributed by atoms with Crippen molar-refractivity contribution >= 4 is 29.2 Å². The van der Waals surface area contributed by atoms with Gasteiger partial charge in [-0.25, -0.2) is 0 Å². The lowest BCUT2D eigenvalue weighted by Gasteiger charge is -2.29. The van der Waals surface area contributed by atoms with Crippen molar-refractivity contribution in [2.45, 2.75) is 32.1 Å². The molecule has 0 spiro atoms. The summed E-state index contributed by atoms with van der Waals surface area (Å²) < 4.78 is 4.71. The number of hydrogen-bond acceptors (Lipinski definition) is 4. The van der Waals surface area contributed by atoms with E-state index in [-0.39, 0.29) is 18.4 Å². The molecule has 1 fully saturated rings. The second kappa shape index (κ2) is 8.85. The van der Waals surface area contributed by atoms with E-state index >= 15 is 0 Å². The highest BCUT2D eigenvalue weighted by Gasteiger charge is 2.24. The summed E-state index contributed by atoms with van der Waals surface area (Å²) in [5, 5.41) is 6.89. The zero-order chi connectivity index (χ0) is 18.4. The first-order valence-corrected chi connectivity index (χ1v) is 9.24. The summed E-state index contributed by atoms with van der Waals surface area (Å²) in [5.41, 5.74) is 0.527. The van der Waals surface area contributed by atoms with Crippen molar-refractivity contribution in [1.82, 2.24) is 10.1 Å². The van der Waals surface area contributed by atoms with Crippen LogP contribution in [0.1, 0.15) is 42.5 Å². The topological polar surface area (TPSA) is 75.4 Å². The average Bonchev–Trinajstić information content (AvgIpc) is 3.15. The van der Waals surface area contributed by atoms with Gasteiger partial charge in [-0.1, -0.05) is 36.0 Å². The first-order chi connectivity index (χ1) is 12.6. The van der Waals surface area contributed by atoms with E-state index in [0.29, 0.717) is 28.9 Å². The second-order valence-electron chi connectivity index (χ2n) is 6.63. The molecule has 0 bridgehead atoms. The number of amides is 2. The predicted octanol–water partition coefficient (Wildman–Crippen LogP) is 3.99. The Labute approximate surface area is 157 Å². The standard InChI is InChI=1S/C19H22ClN3O3/c20-16-8-6-15(7-9-16)19(25)23(12-14-4-2-1-3-5-14)13-18(24)21-17-10-11-26-22-17/h6-11,14H,1-5,12-13H2,(H,21,22,24). The van der Waals surface area contributed by atoms with Crippen molar-refractivity contribution in [3.8, 4) is 0 Å². The Morgan fingerprint density at radius 3 is 2.54 bits per heavy atom. The van der Waals surface area contributed by atoms with Crippen LogP contribution >= 0.6 is 11.6 Å². The maximum absolute atomic E-state index is 12.9. The van der Waals surface area contributed by atoms with Crippen molar-refractivity contribution < 1.29 is 14.1 Å². The van der Waals surface area contributed by atoms with Crippen LogP contribution in [0.5, 0.6) is 0 Å². The number of benzene rings is 1. The van der Waals surface area contributed by atoms with Crippen LogP contribution in [0.25, 0.3) is 0 Å². The molecular formula is C19H22ClN3O3. The number of nitrogens with one attached hydrogen (secondary N) is 1. The minimum absolute atomic E-state index is 0.0230. The molecule has 1 saturated carbocycles. The van der Waals surface area contributed by atoms with Crippen LogP contribution in [-0.4, -0.2) is 35.0 Å². The van der Waals surface area contributed by atoms with Crippen molar-refractivity contribution in [1.29, 1.82) is 0 Å². The number of hydrogen-bond donors (Lipinski definition) is 1. The SMILES string of the molecule is O=C(CN(CC1CCCCC1)C(=O)c1ccc(Cl)cc1)Nc1ccon1. The molecule has 1 N–H and O–H groups in total. The minimum Gasteiger partial charge on any atom is -0.363 e. The highest BCUT2D eigenvalue weighted by molar-refractivity contribution is 6.30. The lowest BCUT2D eigenvalue weighted by atomic mass is 9.89. The Balaban J connectivity index is 1.70. The van der Waals surface area contributed by atoms with Gasteiger partial charge in [-0.3, -0.25) is 9.59 Å². The molecule has 0 aliphatic heterocycles. The fourth-order valence-electron chi connectivity index (χ4n) is 3.31. The molecule has 6 nitrogen and oxygen atoms in total. The third-order valence-corrected chi connectivity index (χ3v) is 4.87. The molecule has 0 atom stereocenters. The molecule has 1 aliphatic carbocycles. The molecule has 7 heteroatoms. The van der Waals surface area contributed by atoms with Gasteiger partial charge >= 0.3 is 0 Å². The molecule has 1 aromatic carbocycles. The van der Waals surface area contributed by atoms with E-state index in [2.05, 4.69) is 10.5 Å². The number of aromatic nitrogens is 1. The second-order valence-corrected chi connectivity index (χ2v) is 7.07. The van der Waals surface area contributed by atoms with Crippen LogP contribution in [0.4, 0.5) is 5.82 Å². The van der Waals surface area contributed by atoms with Crippen molar-refractivity contribution in [3.63, 3.8) is 0 Å². The van der Waals surface area contributed by atoms with Gasteiger partial charge in [0.1, 0.15) is 12.8 Å². The third-order valence-electron chi connectivity index (χ3n) is 4.62. The first-order valence-electron chi connectivity index (χ1n) is 8.87. The lowest BCUT2D eigenvalue weighted by Crippen LogP contribution is -2.41. The molecule has 1 aromatic heterocycles. The highest BCUT2D eigenvalue weighted by Crippen LogP contribution is 2.25.